The van der Waals surface area contributed by atoms with Crippen molar-refractivity contribution in [3.8, 4) is 0 Å². The summed E-state index contributed by atoms with van der Waals surface area (Å²) in [5.74, 6) is 1.27. The van der Waals surface area contributed by atoms with E-state index < -0.39 is 9.84 Å². The van der Waals surface area contributed by atoms with E-state index in [0.29, 0.717) is 49.1 Å². The van der Waals surface area contributed by atoms with Gasteiger partial charge in [-0.2, -0.15) is 0 Å². The van der Waals surface area contributed by atoms with Crippen molar-refractivity contribution in [2.45, 2.75) is 43.4 Å². The second-order valence-electron chi connectivity index (χ2n) is 8.66. The molecular formula is C22H29N5O3S. The van der Waals surface area contributed by atoms with Crippen molar-refractivity contribution in [1.82, 2.24) is 19.9 Å². The summed E-state index contributed by atoms with van der Waals surface area (Å²) in [5.41, 5.74) is 1.22. The van der Waals surface area contributed by atoms with Crippen LogP contribution >= 0.6 is 0 Å². The Balaban J connectivity index is 1.54. The molecule has 0 spiro atoms. The van der Waals surface area contributed by atoms with E-state index in [0.717, 1.165) is 25.9 Å². The van der Waals surface area contributed by atoms with Crippen LogP contribution in [0.25, 0.3) is 0 Å². The number of carbonyl (C=O) groups excluding carboxylic acids is 1. The minimum atomic E-state index is -3.44. The first kappa shape index (κ1) is 21.7. The van der Waals surface area contributed by atoms with Crippen LogP contribution < -0.4 is 4.90 Å². The maximum Gasteiger partial charge on any atom is 0.253 e. The molecule has 2 fully saturated rings. The number of hydrogen-bond donors (Lipinski definition) is 0. The van der Waals surface area contributed by atoms with Crippen LogP contribution in [0.2, 0.25) is 0 Å². The number of anilines is 1. The van der Waals surface area contributed by atoms with E-state index in [9.17, 15) is 13.2 Å². The Morgan fingerprint density at radius 1 is 1.03 bits per heavy atom. The third kappa shape index (κ3) is 4.87. The van der Waals surface area contributed by atoms with Crippen molar-refractivity contribution in [2.75, 3.05) is 37.3 Å². The molecule has 2 aliphatic rings. The van der Waals surface area contributed by atoms with Gasteiger partial charge in [-0.1, -0.05) is 6.92 Å². The second kappa shape index (κ2) is 8.90. The molecule has 4 rings (SSSR count). The quantitative estimate of drug-likeness (QED) is 0.716. The average molecular weight is 444 g/mol. The summed E-state index contributed by atoms with van der Waals surface area (Å²) in [7, 11) is -3.44. The van der Waals surface area contributed by atoms with Crippen LogP contribution in [0.1, 0.15) is 54.6 Å². The Morgan fingerprint density at radius 3 is 2.29 bits per heavy atom. The van der Waals surface area contributed by atoms with E-state index in [4.69, 9.17) is 4.98 Å². The van der Waals surface area contributed by atoms with E-state index >= 15 is 0 Å². The van der Waals surface area contributed by atoms with Crippen molar-refractivity contribution in [1.29, 1.82) is 0 Å². The number of piperidine rings is 2. The van der Waals surface area contributed by atoms with Crippen LogP contribution in [-0.2, 0) is 9.84 Å². The van der Waals surface area contributed by atoms with Gasteiger partial charge in [-0.15, -0.1) is 0 Å². The minimum absolute atomic E-state index is 0.0170. The molecule has 31 heavy (non-hydrogen) atoms. The van der Waals surface area contributed by atoms with Gasteiger partial charge in [0.05, 0.1) is 11.9 Å². The zero-order valence-corrected chi connectivity index (χ0v) is 18.9. The highest BCUT2D eigenvalue weighted by atomic mass is 32.2. The molecule has 2 aromatic rings. The standard InChI is InChI=1S/C22H29N5O3S/c1-16-5-11-27(12-6-16)22-24-15-19(31(2,29)30)20(25-22)17-7-13-26(14-8-17)21(28)18-3-9-23-10-4-18/h3-4,9-10,15-17H,5-8,11-14H2,1-2H3. The molecule has 2 aromatic heterocycles. The van der Waals surface area contributed by atoms with Crippen molar-refractivity contribution >= 4 is 21.7 Å². The van der Waals surface area contributed by atoms with Gasteiger partial charge in [0.25, 0.3) is 5.91 Å². The van der Waals surface area contributed by atoms with Gasteiger partial charge in [-0.3, -0.25) is 9.78 Å². The van der Waals surface area contributed by atoms with Gasteiger partial charge in [0, 0.05) is 56.3 Å². The zero-order chi connectivity index (χ0) is 22.0. The van der Waals surface area contributed by atoms with E-state index in [2.05, 4.69) is 21.8 Å². The molecule has 0 aliphatic carbocycles. The Morgan fingerprint density at radius 2 is 1.68 bits per heavy atom. The molecule has 4 heterocycles. The smallest absolute Gasteiger partial charge is 0.253 e. The number of hydrogen-bond acceptors (Lipinski definition) is 7. The summed E-state index contributed by atoms with van der Waals surface area (Å²) in [6.07, 6.45) is 9.42. The van der Waals surface area contributed by atoms with Crippen LogP contribution in [0.3, 0.4) is 0 Å². The monoisotopic (exact) mass is 443 g/mol. The highest BCUT2D eigenvalue weighted by Gasteiger charge is 2.30. The number of nitrogens with zero attached hydrogens (tertiary/aromatic N) is 5. The first-order valence-corrected chi connectivity index (χ1v) is 12.7. The topological polar surface area (TPSA) is 96.4 Å². The number of amides is 1. The lowest BCUT2D eigenvalue weighted by atomic mass is 9.93. The number of likely N-dealkylation sites (tertiary alicyclic amines) is 1. The number of rotatable bonds is 4. The van der Waals surface area contributed by atoms with Crippen LogP contribution in [0.5, 0.6) is 0 Å². The van der Waals surface area contributed by atoms with Gasteiger partial charge < -0.3 is 9.80 Å². The SMILES string of the molecule is CC1CCN(c2ncc(S(C)(=O)=O)c(C3CCN(C(=O)c4ccncc4)CC3)n2)CC1. The van der Waals surface area contributed by atoms with E-state index in [1.165, 1.54) is 12.5 Å². The molecule has 0 saturated carbocycles. The van der Waals surface area contributed by atoms with Crippen molar-refractivity contribution in [3.05, 3.63) is 42.0 Å². The van der Waals surface area contributed by atoms with E-state index in [1.807, 2.05) is 4.90 Å². The number of pyridine rings is 1. The van der Waals surface area contributed by atoms with Gasteiger partial charge >= 0.3 is 0 Å². The summed E-state index contributed by atoms with van der Waals surface area (Å²) >= 11 is 0. The first-order valence-electron chi connectivity index (χ1n) is 10.8. The normalized spacial score (nSPS) is 18.9. The molecule has 0 bridgehead atoms. The number of carbonyl (C=O) groups is 1. The lowest BCUT2D eigenvalue weighted by Crippen LogP contribution is -2.38. The van der Waals surface area contributed by atoms with Gasteiger partial charge in [-0.05, 0) is 43.7 Å². The van der Waals surface area contributed by atoms with Crippen LogP contribution in [0, 0.1) is 5.92 Å². The summed E-state index contributed by atoms with van der Waals surface area (Å²) in [6, 6.07) is 3.43. The number of aromatic nitrogens is 3. The Labute approximate surface area is 183 Å². The van der Waals surface area contributed by atoms with Gasteiger partial charge in [0.2, 0.25) is 5.95 Å². The van der Waals surface area contributed by atoms with Crippen molar-refractivity contribution < 1.29 is 13.2 Å². The third-order valence-electron chi connectivity index (χ3n) is 6.33. The molecule has 0 aromatic carbocycles. The van der Waals surface area contributed by atoms with Crippen molar-refractivity contribution in [3.63, 3.8) is 0 Å². The molecule has 166 valence electrons. The Kier molecular flexibility index (Phi) is 6.22. The maximum absolute atomic E-state index is 12.7. The fraction of sp³-hybridized carbons (Fsp3) is 0.545. The highest BCUT2D eigenvalue weighted by molar-refractivity contribution is 7.90. The molecule has 9 heteroatoms. The maximum atomic E-state index is 12.7. The highest BCUT2D eigenvalue weighted by Crippen LogP contribution is 2.33. The lowest BCUT2D eigenvalue weighted by molar-refractivity contribution is 0.0711. The third-order valence-corrected chi connectivity index (χ3v) is 7.45. The molecule has 8 nitrogen and oxygen atoms in total. The fourth-order valence-corrected chi connectivity index (χ4v) is 5.18. The lowest BCUT2D eigenvalue weighted by Gasteiger charge is -2.33. The molecule has 2 saturated heterocycles. The Hall–Kier alpha value is -2.55. The minimum Gasteiger partial charge on any atom is -0.341 e. The fourth-order valence-electron chi connectivity index (χ4n) is 4.35. The second-order valence-corrected chi connectivity index (χ2v) is 10.6. The van der Waals surface area contributed by atoms with Gasteiger partial charge in [0.15, 0.2) is 9.84 Å². The zero-order valence-electron chi connectivity index (χ0n) is 18.1. The van der Waals surface area contributed by atoms with Crippen molar-refractivity contribution in [2.24, 2.45) is 5.92 Å². The molecular weight excluding hydrogens is 414 g/mol. The first-order chi connectivity index (χ1) is 14.8. The van der Waals surface area contributed by atoms with Gasteiger partial charge in [0.1, 0.15) is 4.90 Å². The van der Waals surface area contributed by atoms with Crippen LogP contribution in [0.4, 0.5) is 5.95 Å². The predicted molar refractivity (Wildman–Crippen MR) is 118 cm³/mol. The molecule has 0 unspecified atom stereocenters. The summed E-state index contributed by atoms with van der Waals surface area (Å²) in [6.45, 7) is 5.15. The summed E-state index contributed by atoms with van der Waals surface area (Å²) in [4.78, 5) is 30.0. The molecule has 0 N–H and O–H groups in total. The predicted octanol–water partition coefficient (Wildman–Crippen LogP) is 2.53. The van der Waals surface area contributed by atoms with E-state index in [-0.39, 0.29) is 16.7 Å². The average Bonchev–Trinajstić information content (AvgIpc) is 2.79. The molecule has 0 atom stereocenters. The molecule has 2 aliphatic heterocycles. The van der Waals surface area contributed by atoms with Crippen LogP contribution in [0.15, 0.2) is 35.6 Å². The molecule has 1 amide bonds. The van der Waals surface area contributed by atoms with E-state index in [1.54, 1.807) is 24.5 Å². The molecule has 0 radical (unpaired) electrons. The Bertz CT molecular complexity index is 1030. The number of sulfone groups is 1. The van der Waals surface area contributed by atoms with Crippen LogP contribution in [-0.4, -0.2) is 66.6 Å². The summed E-state index contributed by atoms with van der Waals surface area (Å²) < 4.78 is 24.8. The van der Waals surface area contributed by atoms with Gasteiger partial charge in [-0.25, -0.2) is 18.4 Å². The largest absolute Gasteiger partial charge is 0.341 e. The summed E-state index contributed by atoms with van der Waals surface area (Å²) in [5, 5.41) is 0.